The van der Waals surface area contributed by atoms with Crippen LogP contribution in [0.1, 0.15) is 63.0 Å². The summed E-state index contributed by atoms with van der Waals surface area (Å²) in [7, 11) is 0. The van der Waals surface area contributed by atoms with Crippen LogP contribution in [-0.2, 0) is 20.9 Å². The number of rotatable bonds is 8. The van der Waals surface area contributed by atoms with Gasteiger partial charge in [0, 0.05) is 42.5 Å². The second-order valence-corrected chi connectivity index (χ2v) is 14.9. The van der Waals surface area contributed by atoms with Gasteiger partial charge in [0.15, 0.2) is 0 Å². The van der Waals surface area contributed by atoms with Gasteiger partial charge in [-0.15, -0.1) is 0 Å². The number of aromatic nitrogens is 4. The Kier molecular flexibility index (Phi) is 10.5. The smallest absolute Gasteiger partial charge is 0.429 e. The van der Waals surface area contributed by atoms with Crippen molar-refractivity contribution in [2.45, 2.75) is 77.5 Å². The van der Waals surface area contributed by atoms with Crippen LogP contribution in [0.25, 0.3) is 5.69 Å². The van der Waals surface area contributed by atoms with E-state index in [1.807, 2.05) is 35.2 Å². The number of nitrogens with zero attached hydrogens (tertiary/aromatic N) is 6. The number of carbonyl (C=O) groups is 2. The molecule has 2 N–H and O–H groups in total. The summed E-state index contributed by atoms with van der Waals surface area (Å²) in [5, 5.41) is 4.49. The standard InChI is InChI=1S/C37H41ClF3N7O5/c1-23-12-15-48(45-23)27-18-25(38)10-11-26(27)31(37(39,40)41)52-30-19-29(43-33(42)44-30)46-16-13-36(14-17-46)20-28(32(49)53-35(2,3)4)47(22-36)34(50)51-21-24-8-6-5-7-9-24/h5-12,15,18-19,28,31H,13-14,16-17,20-22H2,1-4H3,(H2,42,43,44)/t28?,31-/m1/s1. The highest BCUT2D eigenvalue weighted by Gasteiger charge is 2.52. The van der Waals surface area contributed by atoms with Crippen molar-refractivity contribution in [3.8, 4) is 11.6 Å². The van der Waals surface area contributed by atoms with Gasteiger partial charge in [-0.2, -0.15) is 28.2 Å². The Bertz CT molecular complexity index is 1940. The molecule has 6 rings (SSSR count). The molecule has 4 heterocycles. The lowest BCUT2D eigenvalue weighted by Crippen LogP contribution is -2.44. The van der Waals surface area contributed by atoms with Crippen LogP contribution >= 0.6 is 11.6 Å². The first kappa shape index (κ1) is 37.7. The molecule has 12 nitrogen and oxygen atoms in total. The lowest BCUT2D eigenvalue weighted by atomic mass is 9.76. The third-order valence-corrected chi connectivity index (χ3v) is 9.50. The molecule has 2 atom stereocenters. The Morgan fingerprint density at radius 2 is 1.75 bits per heavy atom. The van der Waals surface area contributed by atoms with Crippen LogP contribution in [0.15, 0.2) is 66.9 Å². The number of ether oxygens (including phenoxy) is 3. The topological polar surface area (TPSA) is 138 Å². The van der Waals surface area contributed by atoms with Gasteiger partial charge in [-0.1, -0.05) is 48.0 Å². The van der Waals surface area contributed by atoms with Gasteiger partial charge >= 0.3 is 18.2 Å². The zero-order valence-corrected chi connectivity index (χ0v) is 30.5. The number of aryl methyl sites for hydroxylation is 1. The second-order valence-electron chi connectivity index (χ2n) is 14.5. The number of anilines is 2. The summed E-state index contributed by atoms with van der Waals surface area (Å²) >= 11 is 6.18. The van der Waals surface area contributed by atoms with Crippen LogP contribution in [0.2, 0.25) is 5.02 Å². The summed E-state index contributed by atoms with van der Waals surface area (Å²) in [4.78, 5) is 38.4. The Labute approximate surface area is 310 Å². The zero-order valence-electron chi connectivity index (χ0n) is 29.8. The number of amides is 1. The van der Waals surface area contributed by atoms with E-state index in [1.165, 1.54) is 40.0 Å². The lowest BCUT2D eigenvalue weighted by molar-refractivity contribution is -0.198. The van der Waals surface area contributed by atoms with Gasteiger partial charge in [0.1, 0.15) is 24.1 Å². The van der Waals surface area contributed by atoms with Crippen LogP contribution in [0.4, 0.5) is 29.7 Å². The number of esters is 1. The van der Waals surface area contributed by atoms with Crippen LogP contribution < -0.4 is 15.4 Å². The monoisotopic (exact) mass is 755 g/mol. The molecule has 1 spiro atoms. The van der Waals surface area contributed by atoms with E-state index < -0.39 is 41.4 Å². The molecule has 53 heavy (non-hydrogen) atoms. The van der Waals surface area contributed by atoms with E-state index in [2.05, 4.69) is 15.1 Å². The van der Waals surface area contributed by atoms with Crippen LogP contribution in [0.3, 0.4) is 0 Å². The van der Waals surface area contributed by atoms with E-state index in [-0.39, 0.29) is 47.1 Å². The first-order chi connectivity index (χ1) is 25.0. The van der Waals surface area contributed by atoms with E-state index in [9.17, 15) is 22.8 Å². The largest absolute Gasteiger partial charge is 0.459 e. The Hall–Kier alpha value is -5.05. The molecule has 16 heteroatoms. The second kappa shape index (κ2) is 14.8. The number of likely N-dealkylation sites (tertiary alicyclic amines) is 1. The summed E-state index contributed by atoms with van der Waals surface area (Å²) < 4.78 is 62.3. The van der Waals surface area contributed by atoms with Crippen LogP contribution in [0, 0.1) is 12.3 Å². The number of nitrogens with two attached hydrogens (primary N) is 1. The lowest BCUT2D eigenvalue weighted by Gasteiger charge is -2.39. The summed E-state index contributed by atoms with van der Waals surface area (Å²) in [6.07, 6.45) is -4.93. The summed E-state index contributed by atoms with van der Waals surface area (Å²) in [6.45, 7) is 8.16. The van der Waals surface area contributed by atoms with Crippen molar-refractivity contribution in [2.24, 2.45) is 5.41 Å². The summed E-state index contributed by atoms with van der Waals surface area (Å²) in [5.74, 6) is -0.866. The quantitative estimate of drug-likeness (QED) is 0.183. The maximum absolute atomic E-state index is 14.7. The SMILES string of the molecule is Cc1ccn(-c2cc(Cl)ccc2[C@@H](Oc2cc(N3CCC4(CC3)CC(C(=O)OC(C)(C)C)N(C(=O)OCc3ccccc3)C4)nc(N)n2)C(F)(F)F)n1. The zero-order chi connectivity index (χ0) is 38.1. The predicted molar refractivity (Wildman–Crippen MR) is 191 cm³/mol. The Morgan fingerprint density at radius 1 is 1.04 bits per heavy atom. The van der Waals surface area contributed by atoms with Crippen molar-refractivity contribution in [3.05, 3.63) is 88.7 Å². The van der Waals surface area contributed by atoms with Crippen molar-refractivity contribution >= 4 is 35.4 Å². The molecule has 2 aliphatic heterocycles. The van der Waals surface area contributed by atoms with Crippen molar-refractivity contribution in [2.75, 3.05) is 30.3 Å². The molecule has 2 fully saturated rings. The molecule has 0 saturated carbocycles. The number of hydrogen-bond donors (Lipinski definition) is 1. The molecular formula is C37H41ClF3N7O5. The first-order valence-corrected chi connectivity index (χ1v) is 17.5. The van der Waals surface area contributed by atoms with E-state index >= 15 is 0 Å². The van der Waals surface area contributed by atoms with Gasteiger partial charge < -0.3 is 24.8 Å². The van der Waals surface area contributed by atoms with E-state index in [0.717, 1.165) is 5.56 Å². The summed E-state index contributed by atoms with van der Waals surface area (Å²) in [6, 6.07) is 15.4. The highest BCUT2D eigenvalue weighted by Crippen LogP contribution is 2.46. The first-order valence-electron chi connectivity index (χ1n) is 17.1. The number of benzene rings is 2. The van der Waals surface area contributed by atoms with Gasteiger partial charge in [0.2, 0.25) is 17.9 Å². The fourth-order valence-corrected chi connectivity index (χ4v) is 6.94. The highest BCUT2D eigenvalue weighted by molar-refractivity contribution is 6.30. The highest BCUT2D eigenvalue weighted by atomic mass is 35.5. The molecule has 2 aliphatic rings. The third kappa shape index (κ3) is 8.95. The molecule has 282 valence electrons. The van der Waals surface area contributed by atoms with Gasteiger partial charge in [-0.25, -0.2) is 14.3 Å². The minimum absolute atomic E-state index is 0.0506. The van der Waals surface area contributed by atoms with E-state index in [0.29, 0.717) is 38.0 Å². The van der Waals surface area contributed by atoms with Gasteiger partial charge in [0.05, 0.1) is 11.4 Å². The van der Waals surface area contributed by atoms with Crippen molar-refractivity contribution < 1.29 is 37.0 Å². The van der Waals surface area contributed by atoms with Crippen molar-refractivity contribution in [1.82, 2.24) is 24.6 Å². The number of halogens is 4. The molecule has 0 radical (unpaired) electrons. The van der Waals surface area contributed by atoms with Gasteiger partial charge in [-0.3, -0.25) is 4.90 Å². The average molecular weight is 756 g/mol. The number of hydrogen-bond acceptors (Lipinski definition) is 10. The average Bonchev–Trinajstić information content (AvgIpc) is 3.69. The molecule has 0 aliphatic carbocycles. The molecule has 2 saturated heterocycles. The van der Waals surface area contributed by atoms with Crippen LogP contribution in [-0.4, -0.2) is 74.2 Å². The normalized spacial score (nSPS) is 17.8. The number of alkyl halides is 3. The van der Waals surface area contributed by atoms with Crippen LogP contribution in [0.5, 0.6) is 5.88 Å². The third-order valence-electron chi connectivity index (χ3n) is 9.26. The van der Waals surface area contributed by atoms with Gasteiger partial charge in [0.25, 0.3) is 0 Å². The number of nitrogen functional groups attached to an aromatic ring is 1. The molecule has 1 unspecified atom stereocenters. The molecule has 2 aromatic carbocycles. The molecule has 4 aromatic rings. The Morgan fingerprint density at radius 3 is 2.40 bits per heavy atom. The maximum atomic E-state index is 14.7. The fourth-order valence-electron chi connectivity index (χ4n) is 6.77. The van der Waals surface area contributed by atoms with Crippen molar-refractivity contribution in [3.63, 3.8) is 0 Å². The van der Waals surface area contributed by atoms with Crippen molar-refractivity contribution in [1.29, 1.82) is 0 Å². The molecule has 0 bridgehead atoms. The minimum Gasteiger partial charge on any atom is -0.459 e. The fraction of sp³-hybridized carbons (Fsp3) is 0.432. The Balaban J connectivity index is 1.20. The number of piperidine rings is 1. The van der Waals surface area contributed by atoms with E-state index in [1.54, 1.807) is 33.8 Å². The number of carbonyl (C=O) groups excluding carboxylic acids is 2. The van der Waals surface area contributed by atoms with Gasteiger partial charge in [-0.05, 0) is 76.1 Å². The van der Waals surface area contributed by atoms with E-state index in [4.69, 9.17) is 31.5 Å². The molecule has 2 aromatic heterocycles. The maximum Gasteiger partial charge on any atom is 0.429 e. The minimum atomic E-state index is -4.86. The summed E-state index contributed by atoms with van der Waals surface area (Å²) in [5.41, 5.74) is 6.10. The molecule has 1 amide bonds. The predicted octanol–water partition coefficient (Wildman–Crippen LogP) is 7.23. The molecular weight excluding hydrogens is 715 g/mol.